The number of aromatic nitrogens is 3. The third-order valence-corrected chi connectivity index (χ3v) is 3.54. The number of fused-ring (bicyclic) bond motifs is 1. The number of nitrogen functional groups attached to an aromatic ring is 1. The minimum Gasteiger partial charge on any atom is -0.369 e. The Morgan fingerprint density at radius 2 is 2.16 bits per heavy atom. The zero-order valence-corrected chi connectivity index (χ0v) is 10.6. The van der Waals surface area contributed by atoms with Crippen LogP contribution in [0.3, 0.4) is 0 Å². The van der Waals surface area contributed by atoms with Gasteiger partial charge in [-0.1, -0.05) is 0 Å². The Labute approximate surface area is 111 Å². The van der Waals surface area contributed by atoms with Crippen LogP contribution in [0.25, 0.3) is 11.0 Å². The van der Waals surface area contributed by atoms with Gasteiger partial charge in [-0.2, -0.15) is 0 Å². The fourth-order valence-electron chi connectivity index (χ4n) is 1.99. The SMILES string of the molecule is Nc1nc2ccc(F)c(F)c2n1CCc1cscn1. The number of hydrogen-bond donors (Lipinski definition) is 1. The lowest BCUT2D eigenvalue weighted by atomic mass is 10.2. The third-order valence-electron chi connectivity index (χ3n) is 2.90. The topological polar surface area (TPSA) is 56.7 Å². The molecule has 0 saturated carbocycles. The maximum atomic E-state index is 13.8. The second-order valence-corrected chi connectivity index (χ2v) is 4.80. The minimum atomic E-state index is -0.917. The van der Waals surface area contributed by atoms with Crippen molar-refractivity contribution < 1.29 is 8.78 Å². The number of nitrogens with two attached hydrogens (primary N) is 1. The fraction of sp³-hybridized carbons (Fsp3) is 0.167. The molecule has 98 valence electrons. The summed E-state index contributed by atoms with van der Waals surface area (Å²) in [7, 11) is 0. The molecule has 0 bridgehead atoms. The Morgan fingerprint density at radius 1 is 1.32 bits per heavy atom. The van der Waals surface area contributed by atoms with Crippen LogP contribution in [0, 0.1) is 11.6 Å². The molecule has 2 N–H and O–H groups in total. The number of anilines is 1. The molecule has 0 unspecified atom stereocenters. The van der Waals surface area contributed by atoms with E-state index in [4.69, 9.17) is 5.73 Å². The van der Waals surface area contributed by atoms with E-state index in [2.05, 4.69) is 9.97 Å². The van der Waals surface area contributed by atoms with Crippen LogP contribution in [0.15, 0.2) is 23.0 Å². The Hall–Kier alpha value is -2.02. The average molecular weight is 280 g/mol. The molecule has 2 heterocycles. The van der Waals surface area contributed by atoms with E-state index in [-0.39, 0.29) is 11.5 Å². The number of benzene rings is 1. The maximum absolute atomic E-state index is 13.8. The lowest BCUT2D eigenvalue weighted by Gasteiger charge is -2.05. The van der Waals surface area contributed by atoms with Crippen molar-refractivity contribution in [3.8, 4) is 0 Å². The van der Waals surface area contributed by atoms with Gasteiger partial charge in [-0.25, -0.2) is 18.7 Å². The average Bonchev–Trinajstić information content (AvgIpc) is 2.99. The number of rotatable bonds is 3. The van der Waals surface area contributed by atoms with Gasteiger partial charge in [0.15, 0.2) is 11.6 Å². The summed E-state index contributed by atoms with van der Waals surface area (Å²) >= 11 is 1.49. The van der Waals surface area contributed by atoms with Crippen molar-refractivity contribution in [2.24, 2.45) is 0 Å². The Kier molecular flexibility index (Phi) is 2.90. The molecule has 19 heavy (non-hydrogen) atoms. The van der Waals surface area contributed by atoms with Crippen molar-refractivity contribution in [1.82, 2.24) is 14.5 Å². The first-order chi connectivity index (χ1) is 9.16. The molecule has 0 aliphatic heterocycles. The van der Waals surface area contributed by atoms with Crippen molar-refractivity contribution >= 4 is 28.3 Å². The highest BCUT2D eigenvalue weighted by Crippen LogP contribution is 2.23. The van der Waals surface area contributed by atoms with E-state index in [1.54, 1.807) is 5.51 Å². The fourth-order valence-corrected chi connectivity index (χ4v) is 2.58. The van der Waals surface area contributed by atoms with Crippen LogP contribution in [0.2, 0.25) is 0 Å². The molecule has 3 aromatic rings. The summed E-state index contributed by atoms with van der Waals surface area (Å²) in [5.41, 5.74) is 8.84. The van der Waals surface area contributed by atoms with Crippen LogP contribution in [-0.2, 0) is 13.0 Å². The van der Waals surface area contributed by atoms with Gasteiger partial charge < -0.3 is 10.3 Å². The van der Waals surface area contributed by atoms with Crippen LogP contribution in [-0.4, -0.2) is 14.5 Å². The Bertz CT molecular complexity index is 721. The first-order valence-corrected chi connectivity index (χ1v) is 6.58. The molecule has 7 heteroatoms. The van der Waals surface area contributed by atoms with Gasteiger partial charge in [0.1, 0.15) is 5.52 Å². The molecule has 0 saturated heterocycles. The molecular weight excluding hydrogens is 270 g/mol. The van der Waals surface area contributed by atoms with Gasteiger partial charge in [0.05, 0.1) is 16.7 Å². The summed E-state index contributed by atoms with van der Waals surface area (Å²) < 4.78 is 28.6. The Balaban J connectivity index is 2.02. The van der Waals surface area contributed by atoms with E-state index in [9.17, 15) is 8.78 Å². The van der Waals surface area contributed by atoms with Crippen molar-refractivity contribution in [2.75, 3.05) is 5.73 Å². The number of halogens is 2. The molecular formula is C12H10F2N4S. The molecule has 3 rings (SSSR count). The maximum Gasteiger partial charge on any atom is 0.201 e. The summed E-state index contributed by atoms with van der Waals surface area (Å²) in [5, 5.41) is 1.91. The van der Waals surface area contributed by atoms with Gasteiger partial charge in [-0.3, -0.25) is 0 Å². The molecule has 1 aromatic carbocycles. The van der Waals surface area contributed by atoms with Gasteiger partial charge >= 0.3 is 0 Å². The predicted octanol–water partition coefficient (Wildman–Crippen LogP) is 2.60. The van der Waals surface area contributed by atoms with Gasteiger partial charge in [0.2, 0.25) is 5.95 Å². The zero-order chi connectivity index (χ0) is 13.4. The molecule has 4 nitrogen and oxygen atoms in total. The van der Waals surface area contributed by atoms with E-state index in [1.807, 2.05) is 5.38 Å². The van der Waals surface area contributed by atoms with Gasteiger partial charge in [-0.15, -0.1) is 11.3 Å². The molecule has 0 spiro atoms. The first-order valence-electron chi connectivity index (χ1n) is 5.63. The van der Waals surface area contributed by atoms with E-state index in [0.29, 0.717) is 18.5 Å². The highest BCUT2D eigenvalue weighted by Gasteiger charge is 2.15. The summed E-state index contributed by atoms with van der Waals surface area (Å²) in [6, 6.07) is 2.47. The predicted molar refractivity (Wildman–Crippen MR) is 69.9 cm³/mol. The molecule has 0 atom stereocenters. The van der Waals surface area contributed by atoms with Crippen LogP contribution < -0.4 is 5.73 Å². The van der Waals surface area contributed by atoms with Crippen molar-refractivity contribution in [1.29, 1.82) is 0 Å². The standard InChI is InChI=1S/C12H10F2N4S/c13-8-1-2-9-11(10(8)14)18(12(15)17-9)4-3-7-5-19-6-16-7/h1-2,5-6H,3-4H2,(H2,15,17). The lowest BCUT2D eigenvalue weighted by Crippen LogP contribution is -2.07. The van der Waals surface area contributed by atoms with Crippen molar-refractivity contribution in [2.45, 2.75) is 13.0 Å². The molecule has 0 amide bonds. The molecule has 0 radical (unpaired) electrons. The van der Waals surface area contributed by atoms with E-state index >= 15 is 0 Å². The zero-order valence-electron chi connectivity index (χ0n) is 9.81. The monoisotopic (exact) mass is 280 g/mol. The second-order valence-electron chi connectivity index (χ2n) is 4.08. The quantitative estimate of drug-likeness (QED) is 0.802. The lowest BCUT2D eigenvalue weighted by molar-refractivity contribution is 0.511. The van der Waals surface area contributed by atoms with E-state index in [1.165, 1.54) is 22.0 Å². The normalized spacial score (nSPS) is 11.3. The molecule has 0 aliphatic rings. The van der Waals surface area contributed by atoms with Gasteiger partial charge in [-0.05, 0) is 12.1 Å². The number of thiazole rings is 1. The highest BCUT2D eigenvalue weighted by molar-refractivity contribution is 7.07. The minimum absolute atomic E-state index is 0.104. The molecule has 0 aliphatic carbocycles. The smallest absolute Gasteiger partial charge is 0.201 e. The second kappa shape index (κ2) is 4.58. The number of nitrogens with zero attached hydrogens (tertiary/aromatic N) is 3. The number of aryl methyl sites for hydroxylation is 2. The van der Waals surface area contributed by atoms with E-state index in [0.717, 1.165) is 11.8 Å². The van der Waals surface area contributed by atoms with Gasteiger partial charge in [0, 0.05) is 18.3 Å². The first kappa shape index (κ1) is 12.0. The molecule has 2 aromatic heterocycles. The van der Waals surface area contributed by atoms with Crippen LogP contribution in [0.1, 0.15) is 5.69 Å². The summed E-state index contributed by atoms with van der Waals surface area (Å²) in [4.78, 5) is 8.17. The summed E-state index contributed by atoms with van der Waals surface area (Å²) in [6.45, 7) is 0.409. The summed E-state index contributed by atoms with van der Waals surface area (Å²) in [6.07, 6.45) is 0.592. The van der Waals surface area contributed by atoms with Crippen LogP contribution >= 0.6 is 11.3 Å². The third kappa shape index (κ3) is 2.06. The highest BCUT2D eigenvalue weighted by atomic mass is 32.1. The summed E-state index contributed by atoms with van der Waals surface area (Å²) in [5.74, 6) is -1.64. The van der Waals surface area contributed by atoms with E-state index < -0.39 is 11.6 Å². The van der Waals surface area contributed by atoms with Crippen LogP contribution in [0.4, 0.5) is 14.7 Å². The van der Waals surface area contributed by atoms with Crippen LogP contribution in [0.5, 0.6) is 0 Å². The van der Waals surface area contributed by atoms with Gasteiger partial charge in [0.25, 0.3) is 0 Å². The molecule has 0 fully saturated rings. The Morgan fingerprint density at radius 3 is 2.89 bits per heavy atom. The number of hydrogen-bond acceptors (Lipinski definition) is 4. The number of imidazole rings is 1. The van der Waals surface area contributed by atoms with Crippen molar-refractivity contribution in [3.63, 3.8) is 0 Å². The van der Waals surface area contributed by atoms with Crippen molar-refractivity contribution in [3.05, 3.63) is 40.4 Å². The largest absolute Gasteiger partial charge is 0.369 e.